The molecule has 0 saturated carbocycles. The Balaban J connectivity index is 2.89. The van der Waals surface area contributed by atoms with Crippen LogP contribution in [0, 0.1) is 0 Å². The second-order valence-electron chi connectivity index (χ2n) is 4.91. The minimum atomic E-state index is 0.625. The summed E-state index contributed by atoms with van der Waals surface area (Å²) in [4.78, 5) is 0. The lowest BCUT2D eigenvalue weighted by Crippen LogP contribution is -2.11. The van der Waals surface area contributed by atoms with Gasteiger partial charge in [-0.1, -0.05) is 45.2 Å². The van der Waals surface area contributed by atoms with Crippen molar-refractivity contribution in [2.24, 2.45) is 11.5 Å². The lowest BCUT2D eigenvalue weighted by Gasteiger charge is -2.16. The van der Waals surface area contributed by atoms with E-state index in [0.29, 0.717) is 13.1 Å². The maximum atomic E-state index is 5.94. The van der Waals surface area contributed by atoms with Gasteiger partial charge in [0.1, 0.15) is 0 Å². The van der Waals surface area contributed by atoms with Crippen LogP contribution in [0.4, 0.5) is 0 Å². The van der Waals surface area contributed by atoms with E-state index >= 15 is 0 Å². The molecule has 0 aliphatic rings. The van der Waals surface area contributed by atoms with Gasteiger partial charge < -0.3 is 11.5 Å². The maximum Gasteiger partial charge on any atom is 0.0183 e. The molecular weight excluding hydrogens is 220 g/mol. The Hall–Kier alpha value is -0.860. The van der Waals surface area contributed by atoms with Gasteiger partial charge in [-0.15, -0.1) is 0 Å². The van der Waals surface area contributed by atoms with Gasteiger partial charge in [0.25, 0.3) is 0 Å². The third-order valence-corrected chi connectivity index (χ3v) is 3.71. The van der Waals surface area contributed by atoms with E-state index in [1.807, 2.05) is 0 Å². The van der Waals surface area contributed by atoms with Crippen LogP contribution in [0.5, 0.6) is 0 Å². The van der Waals surface area contributed by atoms with Crippen LogP contribution < -0.4 is 11.5 Å². The summed E-state index contributed by atoms with van der Waals surface area (Å²) in [5, 5.41) is 0. The summed E-state index contributed by atoms with van der Waals surface area (Å²) in [6, 6.07) is 4.38. The fourth-order valence-corrected chi connectivity index (χ4v) is 2.61. The zero-order valence-corrected chi connectivity index (χ0v) is 12.0. The van der Waals surface area contributed by atoms with E-state index in [-0.39, 0.29) is 0 Å². The Morgan fingerprint density at radius 3 is 2.11 bits per heavy atom. The normalized spacial score (nSPS) is 10.9. The van der Waals surface area contributed by atoms with Gasteiger partial charge in [-0.2, -0.15) is 0 Å². The quantitative estimate of drug-likeness (QED) is 0.694. The smallest absolute Gasteiger partial charge is 0.0183 e. The monoisotopic (exact) mass is 248 g/mol. The second-order valence-corrected chi connectivity index (χ2v) is 4.91. The molecule has 2 nitrogen and oxygen atoms in total. The van der Waals surface area contributed by atoms with Crippen molar-refractivity contribution in [3.8, 4) is 0 Å². The number of nitrogens with two attached hydrogens (primary N) is 2. The number of rotatable bonds is 8. The molecule has 0 unspecified atom stereocenters. The van der Waals surface area contributed by atoms with Gasteiger partial charge in [0, 0.05) is 13.1 Å². The zero-order valence-electron chi connectivity index (χ0n) is 12.0. The molecule has 4 N–H and O–H groups in total. The van der Waals surface area contributed by atoms with E-state index in [2.05, 4.69) is 26.0 Å². The van der Waals surface area contributed by atoms with Crippen LogP contribution in [0.3, 0.4) is 0 Å². The summed E-state index contributed by atoms with van der Waals surface area (Å²) in [5.74, 6) is 0. The van der Waals surface area contributed by atoms with E-state index in [9.17, 15) is 0 Å². The fraction of sp³-hybridized carbons (Fsp3) is 0.625. The Labute approximate surface area is 112 Å². The minimum Gasteiger partial charge on any atom is -0.326 e. The van der Waals surface area contributed by atoms with Crippen LogP contribution in [0.25, 0.3) is 0 Å². The summed E-state index contributed by atoms with van der Waals surface area (Å²) in [6.45, 7) is 5.70. The highest BCUT2D eigenvalue weighted by Gasteiger charge is 2.10. The molecule has 0 aliphatic heterocycles. The Morgan fingerprint density at radius 1 is 0.833 bits per heavy atom. The fourth-order valence-electron chi connectivity index (χ4n) is 2.61. The van der Waals surface area contributed by atoms with Crippen LogP contribution in [-0.2, 0) is 25.9 Å². The highest BCUT2D eigenvalue weighted by molar-refractivity contribution is 5.41. The van der Waals surface area contributed by atoms with Crippen LogP contribution in [-0.4, -0.2) is 0 Å². The first-order valence-electron chi connectivity index (χ1n) is 7.31. The van der Waals surface area contributed by atoms with E-state index in [4.69, 9.17) is 11.5 Å². The minimum absolute atomic E-state index is 0.625. The average Bonchev–Trinajstić information content (AvgIpc) is 2.42. The van der Waals surface area contributed by atoms with E-state index in [1.54, 1.807) is 0 Å². The third-order valence-electron chi connectivity index (χ3n) is 3.71. The van der Waals surface area contributed by atoms with Gasteiger partial charge in [-0.05, 0) is 41.5 Å². The highest BCUT2D eigenvalue weighted by Crippen LogP contribution is 2.22. The maximum absolute atomic E-state index is 5.94. The van der Waals surface area contributed by atoms with Crippen LogP contribution >= 0.6 is 0 Å². The van der Waals surface area contributed by atoms with Crippen molar-refractivity contribution in [3.63, 3.8) is 0 Å². The molecule has 0 aliphatic carbocycles. The second kappa shape index (κ2) is 8.28. The summed E-state index contributed by atoms with van der Waals surface area (Å²) in [5.41, 5.74) is 17.2. The number of benzene rings is 1. The molecule has 0 fully saturated rings. The van der Waals surface area contributed by atoms with Gasteiger partial charge in [0.2, 0.25) is 0 Å². The highest BCUT2D eigenvalue weighted by atomic mass is 14.5. The average molecular weight is 248 g/mol. The van der Waals surface area contributed by atoms with Crippen molar-refractivity contribution in [2.75, 3.05) is 0 Å². The molecule has 0 amide bonds. The van der Waals surface area contributed by atoms with Crippen molar-refractivity contribution < 1.29 is 0 Å². The molecule has 0 spiro atoms. The zero-order chi connectivity index (χ0) is 13.4. The van der Waals surface area contributed by atoms with Crippen LogP contribution in [0.15, 0.2) is 12.1 Å². The number of hydrogen-bond acceptors (Lipinski definition) is 2. The van der Waals surface area contributed by atoms with Crippen LogP contribution in [0.2, 0.25) is 0 Å². The molecule has 0 radical (unpaired) electrons. The summed E-state index contributed by atoms with van der Waals surface area (Å²) < 4.78 is 0. The predicted molar refractivity (Wildman–Crippen MR) is 79.4 cm³/mol. The molecule has 2 heteroatoms. The summed E-state index contributed by atoms with van der Waals surface area (Å²) >= 11 is 0. The first-order valence-corrected chi connectivity index (χ1v) is 7.31. The lowest BCUT2D eigenvalue weighted by atomic mass is 9.91. The summed E-state index contributed by atoms with van der Waals surface area (Å²) in [7, 11) is 0. The summed E-state index contributed by atoms with van der Waals surface area (Å²) in [6.07, 6.45) is 7.35. The van der Waals surface area contributed by atoms with Crippen molar-refractivity contribution in [2.45, 2.75) is 65.5 Å². The van der Waals surface area contributed by atoms with Gasteiger partial charge in [-0.25, -0.2) is 0 Å². The molecular formula is C16H28N2. The molecule has 0 saturated heterocycles. The first kappa shape index (κ1) is 15.2. The Bertz CT molecular complexity index is 358. The standard InChI is InChI=1S/C16H28N2/c1-3-5-6-7-8-15-14(11-17)10-9-13(4-2)16(15)12-18/h9-10H,3-8,11-12,17-18H2,1-2H3. The molecule has 1 aromatic rings. The van der Waals surface area contributed by atoms with Crippen LogP contribution in [0.1, 0.15) is 61.8 Å². The topological polar surface area (TPSA) is 52.0 Å². The van der Waals surface area contributed by atoms with Gasteiger partial charge >= 0.3 is 0 Å². The largest absolute Gasteiger partial charge is 0.326 e. The molecule has 102 valence electrons. The SMILES string of the molecule is CCCCCCc1c(CN)ccc(CC)c1CN. The number of unbranched alkanes of at least 4 members (excludes halogenated alkanes) is 3. The van der Waals surface area contributed by atoms with Crippen molar-refractivity contribution in [1.29, 1.82) is 0 Å². The predicted octanol–water partition coefficient (Wildman–Crippen LogP) is 3.29. The molecule has 0 atom stereocenters. The van der Waals surface area contributed by atoms with E-state index in [1.165, 1.54) is 47.9 Å². The lowest BCUT2D eigenvalue weighted by molar-refractivity contribution is 0.661. The van der Waals surface area contributed by atoms with Crippen molar-refractivity contribution >= 4 is 0 Å². The Kier molecular flexibility index (Phi) is 6.99. The van der Waals surface area contributed by atoms with Gasteiger partial charge in [0.05, 0.1) is 0 Å². The molecule has 1 rings (SSSR count). The van der Waals surface area contributed by atoms with Crippen molar-refractivity contribution in [1.82, 2.24) is 0 Å². The van der Waals surface area contributed by atoms with Gasteiger partial charge in [-0.3, -0.25) is 0 Å². The number of hydrogen-bond donors (Lipinski definition) is 2. The third kappa shape index (κ3) is 3.82. The molecule has 1 aromatic carbocycles. The number of aryl methyl sites for hydroxylation is 1. The molecule has 18 heavy (non-hydrogen) atoms. The van der Waals surface area contributed by atoms with E-state index in [0.717, 1.165) is 12.8 Å². The Morgan fingerprint density at radius 2 is 1.56 bits per heavy atom. The first-order chi connectivity index (χ1) is 8.78. The van der Waals surface area contributed by atoms with Crippen molar-refractivity contribution in [3.05, 3.63) is 34.4 Å². The van der Waals surface area contributed by atoms with Gasteiger partial charge in [0.15, 0.2) is 0 Å². The molecule has 0 heterocycles. The molecule has 0 bridgehead atoms. The molecule has 0 aromatic heterocycles. The van der Waals surface area contributed by atoms with E-state index < -0.39 is 0 Å².